The molecule has 0 bridgehead atoms. The Morgan fingerprint density at radius 2 is 1.71 bits per heavy atom. The molecule has 3 rings (SSSR count). The number of amides is 3. The predicted octanol–water partition coefficient (Wildman–Crippen LogP) is 2.48. The van der Waals surface area contributed by atoms with Crippen LogP contribution in [-0.2, 0) is 11.2 Å². The van der Waals surface area contributed by atoms with E-state index in [1.54, 1.807) is 35.6 Å². The molecule has 1 aromatic carbocycles. The van der Waals surface area contributed by atoms with E-state index in [0.29, 0.717) is 37.1 Å². The van der Waals surface area contributed by atoms with Crippen molar-refractivity contribution < 1.29 is 14.4 Å². The molecule has 6 heteroatoms. The summed E-state index contributed by atoms with van der Waals surface area (Å²) in [6.07, 6.45) is 1.80. The molecule has 24 heavy (non-hydrogen) atoms. The molecule has 0 saturated heterocycles. The molecule has 1 aliphatic heterocycles. The first-order valence-corrected chi connectivity index (χ1v) is 8.79. The van der Waals surface area contributed by atoms with Crippen molar-refractivity contribution in [2.45, 2.75) is 19.3 Å². The van der Waals surface area contributed by atoms with Gasteiger partial charge in [0.2, 0.25) is 5.91 Å². The molecular formula is C18H18N2O3S. The van der Waals surface area contributed by atoms with Crippen molar-refractivity contribution in [3.05, 3.63) is 57.8 Å². The largest absolute Gasteiger partial charge is 0.356 e. The number of imide groups is 1. The van der Waals surface area contributed by atoms with Crippen molar-refractivity contribution in [3.63, 3.8) is 0 Å². The number of carbonyl (C=O) groups excluding carboxylic acids is 3. The number of benzene rings is 1. The Morgan fingerprint density at radius 1 is 1.00 bits per heavy atom. The minimum Gasteiger partial charge on any atom is -0.356 e. The van der Waals surface area contributed by atoms with E-state index in [9.17, 15) is 14.4 Å². The maximum atomic E-state index is 12.2. The smallest absolute Gasteiger partial charge is 0.261 e. The zero-order valence-electron chi connectivity index (χ0n) is 13.2. The van der Waals surface area contributed by atoms with E-state index in [2.05, 4.69) is 5.32 Å². The van der Waals surface area contributed by atoms with Gasteiger partial charge in [-0.2, -0.15) is 0 Å². The van der Waals surface area contributed by atoms with Crippen LogP contribution in [0.2, 0.25) is 0 Å². The van der Waals surface area contributed by atoms with Crippen LogP contribution in [0.25, 0.3) is 0 Å². The van der Waals surface area contributed by atoms with Crippen molar-refractivity contribution in [1.29, 1.82) is 0 Å². The van der Waals surface area contributed by atoms with Gasteiger partial charge in [-0.1, -0.05) is 18.2 Å². The van der Waals surface area contributed by atoms with Crippen LogP contribution >= 0.6 is 11.3 Å². The van der Waals surface area contributed by atoms with Crippen molar-refractivity contribution in [2.24, 2.45) is 0 Å². The first-order valence-electron chi connectivity index (χ1n) is 7.91. The quantitative estimate of drug-likeness (QED) is 0.621. The normalized spacial score (nSPS) is 13.2. The zero-order chi connectivity index (χ0) is 16.9. The van der Waals surface area contributed by atoms with Crippen molar-refractivity contribution in [3.8, 4) is 0 Å². The minimum atomic E-state index is -0.225. The molecule has 0 saturated carbocycles. The molecule has 1 aliphatic rings. The van der Waals surface area contributed by atoms with Gasteiger partial charge in [0.25, 0.3) is 11.8 Å². The summed E-state index contributed by atoms with van der Waals surface area (Å²) in [4.78, 5) is 38.5. The van der Waals surface area contributed by atoms with Gasteiger partial charge in [0.15, 0.2) is 0 Å². The topological polar surface area (TPSA) is 66.5 Å². The lowest BCUT2D eigenvalue weighted by Crippen LogP contribution is -2.31. The average Bonchev–Trinajstić information content (AvgIpc) is 3.17. The highest BCUT2D eigenvalue weighted by Crippen LogP contribution is 2.22. The third-order valence-corrected chi connectivity index (χ3v) is 4.80. The molecule has 5 nitrogen and oxygen atoms in total. The SMILES string of the molecule is O=C(Cc1cccs1)NCCCCN1C(=O)c2ccccc2C1=O. The molecule has 2 heterocycles. The molecular weight excluding hydrogens is 324 g/mol. The summed E-state index contributed by atoms with van der Waals surface area (Å²) in [6.45, 7) is 0.931. The molecule has 0 spiro atoms. The van der Waals surface area contributed by atoms with Crippen LogP contribution in [0.15, 0.2) is 41.8 Å². The van der Waals surface area contributed by atoms with Crippen LogP contribution in [0.1, 0.15) is 38.4 Å². The monoisotopic (exact) mass is 342 g/mol. The number of unbranched alkanes of at least 4 members (excludes halogenated alkanes) is 1. The van der Waals surface area contributed by atoms with Gasteiger partial charge in [-0.3, -0.25) is 19.3 Å². The van der Waals surface area contributed by atoms with Crippen LogP contribution in [0.3, 0.4) is 0 Å². The minimum absolute atomic E-state index is 0.00168. The van der Waals surface area contributed by atoms with Crippen LogP contribution < -0.4 is 5.32 Å². The Kier molecular flexibility index (Phi) is 5.05. The van der Waals surface area contributed by atoms with Gasteiger partial charge in [0.05, 0.1) is 17.5 Å². The van der Waals surface area contributed by atoms with E-state index in [0.717, 1.165) is 11.3 Å². The van der Waals surface area contributed by atoms with Crippen molar-refractivity contribution in [1.82, 2.24) is 10.2 Å². The number of hydrogen-bond acceptors (Lipinski definition) is 4. The Morgan fingerprint density at radius 3 is 2.33 bits per heavy atom. The second-order valence-corrected chi connectivity index (χ2v) is 6.65. The summed E-state index contributed by atoms with van der Waals surface area (Å²) in [5.41, 5.74) is 0.957. The standard InChI is InChI=1S/C18H18N2O3S/c21-16(12-13-6-5-11-24-13)19-9-3-4-10-20-17(22)14-7-1-2-8-15(14)18(20)23/h1-2,5-8,11H,3-4,9-10,12H2,(H,19,21). The van der Waals surface area contributed by atoms with E-state index < -0.39 is 0 Å². The molecule has 124 valence electrons. The molecule has 1 aromatic heterocycles. The number of carbonyl (C=O) groups is 3. The summed E-state index contributed by atoms with van der Waals surface area (Å²) < 4.78 is 0. The summed E-state index contributed by atoms with van der Waals surface area (Å²) in [5.74, 6) is -0.451. The van der Waals surface area contributed by atoms with Gasteiger partial charge in [0, 0.05) is 18.0 Å². The molecule has 0 radical (unpaired) electrons. The lowest BCUT2D eigenvalue weighted by atomic mass is 10.1. The van der Waals surface area contributed by atoms with Crippen LogP contribution in [0.5, 0.6) is 0 Å². The Balaban J connectivity index is 1.39. The van der Waals surface area contributed by atoms with Gasteiger partial charge in [-0.15, -0.1) is 11.3 Å². The van der Waals surface area contributed by atoms with Crippen LogP contribution in [0, 0.1) is 0 Å². The Hall–Kier alpha value is -2.47. The second kappa shape index (κ2) is 7.40. The molecule has 2 aromatic rings. The summed E-state index contributed by atoms with van der Waals surface area (Å²) >= 11 is 1.56. The zero-order valence-corrected chi connectivity index (χ0v) is 14.0. The van der Waals surface area contributed by atoms with Gasteiger partial charge in [-0.05, 0) is 36.4 Å². The summed E-state index contributed by atoms with van der Waals surface area (Å²) in [7, 11) is 0. The van der Waals surface area contributed by atoms with Crippen LogP contribution in [-0.4, -0.2) is 35.7 Å². The number of rotatable bonds is 7. The van der Waals surface area contributed by atoms with E-state index in [4.69, 9.17) is 0 Å². The molecule has 0 atom stereocenters. The highest BCUT2D eigenvalue weighted by atomic mass is 32.1. The van der Waals surface area contributed by atoms with E-state index in [1.165, 1.54) is 4.90 Å². The average molecular weight is 342 g/mol. The number of nitrogens with one attached hydrogen (secondary N) is 1. The maximum Gasteiger partial charge on any atom is 0.261 e. The third kappa shape index (κ3) is 3.54. The fourth-order valence-corrected chi connectivity index (χ4v) is 3.40. The highest BCUT2D eigenvalue weighted by molar-refractivity contribution is 7.10. The van der Waals surface area contributed by atoms with Gasteiger partial charge < -0.3 is 5.32 Å². The lowest BCUT2D eigenvalue weighted by Gasteiger charge is -2.13. The fourth-order valence-electron chi connectivity index (χ4n) is 2.70. The fraction of sp³-hybridized carbons (Fsp3) is 0.278. The summed E-state index contributed by atoms with van der Waals surface area (Å²) in [6, 6.07) is 10.7. The van der Waals surface area contributed by atoms with E-state index in [1.807, 2.05) is 17.5 Å². The lowest BCUT2D eigenvalue weighted by molar-refractivity contribution is -0.120. The number of thiophene rings is 1. The molecule has 0 fully saturated rings. The Bertz CT molecular complexity index is 720. The highest BCUT2D eigenvalue weighted by Gasteiger charge is 2.34. The van der Waals surface area contributed by atoms with Crippen molar-refractivity contribution in [2.75, 3.05) is 13.1 Å². The van der Waals surface area contributed by atoms with Crippen LogP contribution in [0.4, 0.5) is 0 Å². The molecule has 0 aliphatic carbocycles. The van der Waals surface area contributed by atoms with E-state index >= 15 is 0 Å². The van der Waals surface area contributed by atoms with Gasteiger partial charge in [0.1, 0.15) is 0 Å². The Labute approximate surface area is 144 Å². The first kappa shape index (κ1) is 16.4. The predicted molar refractivity (Wildman–Crippen MR) is 92.1 cm³/mol. The van der Waals surface area contributed by atoms with Gasteiger partial charge in [-0.25, -0.2) is 0 Å². The third-order valence-electron chi connectivity index (χ3n) is 3.92. The number of fused-ring (bicyclic) bond motifs is 1. The van der Waals surface area contributed by atoms with E-state index in [-0.39, 0.29) is 17.7 Å². The number of nitrogens with zero attached hydrogens (tertiary/aromatic N) is 1. The first-order chi connectivity index (χ1) is 11.7. The second-order valence-electron chi connectivity index (χ2n) is 5.62. The number of hydrogen-bond donors (Lipinski definition) is 1. The summed E-state index contributed by atoms with van der Waals surface area (Å²) in [5, 5.41) is 4.81. The molecule has 3 amide bonds. The maximum absolute atomic E-state index is 12.2. The molecule has 0 unspecified atom stereocenters. The van der Waals surface area contributed by atoms with Gasteiger partial charge >= 0.3 is 0 Å². The van der Waals surface area contributed by atoms with Crippen molar-refractivity contribution >= 4 is 29.1 Å². The molecule has 1 N–H and O–H groups in total.